The summed E-state index contributed by atoms with van der Waals surface area (Å²) in [5.74, 6) is -0.836. The number of aliphatic imine (C=N–C) groups is 2. The van der Waals surface area contributed by atoms with Crippen LogP contribution in [0.5, 0.6) is 0 Å². The van der Waals surface area contributed by atoms with Crippen molar-refractivity contribution in [1.29, 1.82) is 0 Å². The third kappa shape index (κ3) is 3.00. The molecule has 0 bridgehead atoms. The quantitative estimate of drug-likeness (QED) is 0.638. The monoisotopic (exact) mass is 409 g/mol. The van der Waals surface area contributed by atoms with Gasteiger partial charge in [-0.05, 0) is 31.0 Å². The third-order valence-corrected chi connectivity index (χ3v) is 5.72. The highest BCUT2D eigenvalue weighted by atomic mass is 16.2. The zero-order chi connectivity index (χ0) is 21.7. The zero-order valence-corrected chi connectivity index (χ0v) is 17.0. The van der Waals surface area contributed by atoms with Gasteiger partial charge >= 0.3 is 6.03 Å². The minimum atomic E-state index is -0.833. The van der Waals surface area contributed by atoms with Gasteiger partial charge in [0.25, 0.3) is 35.9 Å². The summed E-state index contributed by atoms with van der Waals surface area (Å²) < 4.78 is 1.46. The first-order chi connectivity index (χ1) is 14.2. The van der Waals surface area contributed by atoms with Crippen LogP contribution in [0.4, 0.5) is 4.79 Å². The first-order valence-electron chi connectivity index (χ1n) is 9.41. The van der Waals surface area contributed by atoms with Crippen molar-refractivity contribution in [2.75, 3.05) is 20.6 Å². The molecule has 1 aliphatic carbocycles. The molecule has 5 amide bonds. The second kappa shape index (κ2) is 6.97. The zero-order valence-electron chi connectivity index (χ0n) is 17.0. The molecule has 0 aromatic carbocycles. The molecule has 30 heavy (non-hydrogen) atoms. The van der Waals surface area contributed by atoms with Gasteiger partial charge in [-0.25, -0.2) is 14.4 Å². The molecule has 4 rings (SSSR count). The van der Waals surface area contributed by atoms with Gasteiger partial charge in [0.1, 0.15) is 0 Å². The number of rotatable bonds is 2. The van der Waals surface area contributed by atoms with Crippen LogP contribution in [0, 0.1) is 5.92 Å². The number of imide groups is 1. The lowest BCUT2D eigenvalue weighted by molar-refractivity contribution is -0.519. The normalized spacial score (nSPS) is 27.0. The Morgan fingerprint density at radius 3 is 2.70 bits per heavy atom. The average molecular weight is 409 g/mol. The van der Waals surface area contributed by atoms with Crippen LogP contribution >= 0.6 is 0 Å². The van der Waals surface area contributed by atoms with Crippen LogP contribution in [0.2, 0.25) is 0 Å². The number of likely N-dealkylation sites (N-methyl/N-ethyl adjacent to an activating group) is 2. The minimum absolute atomic E-state index is 0.0388. The SMILES string of the molecule is CC1=C(C)C2C=CC(=NC(=O)C[N+]3=CN=C4C3C(=O)N(C)C(=O)N4C)C=C2NC1=O. The molecule has 3 aliphatic heterocycles. The van der Waals surface area contributed by atoms with E-state index in [1.807, 2.05) is 13.0 Å². The molecular formula is C20H21N6O4+. The van der Waals surface area contributed by atoms with Gasteiger partial charge in [-0.15, -0.1) is 0 Å². The fourth-order valence-electron chi connectivity index (χ4n) is 3.80. The summed E-state index contributed by atoms with van der Waals surface area (Å²) >= 11 is 0. The Balaban J connectivity index is 1.50. The summed E-state index contributed by atoms with van der Waals surface area (Å²) in [5.41, 5.74) is 2.74. The van der Waals surface area contributed by atoms with Gasteiger partial charge in [-0.3, -0.25) is 24.2 Å². The first-order valence-corrected chi connectivity index (χ1v) is 9.41. The van der Waals surface area contributed by atoms with Crippen LogP contribution in [0.1, 0.15) is 13.8 Å². The van der Waals surface area contributed by atoms with Gasteiger partial charge in [0, 0.05) is 31.3 Å². The van der Waals surface area contributed by atoms with Crippen molar-refractivity contribution >= 4 is 41.6 Å². The van der Waals surface area contributed by atoms with Crippen molar-refractivity contribution in [3.63, 3.8) is 0 Å². The Morgan fingerprint density at radius 2 is 1.97 bits per heavy atom. The fourth-order valence-corrected chi connectivity index (χ4v) is 3.80. The lowest BCUT2D eigenvalue weighted by Gasteiger charge is -2.30. The van der Waals surface area contributed by atoms with Gasteiger partial charge in [-0.2, -0.15) is 0 Å². The summed E-state index contributed by atoms with van der Waals surface area (Å²) in [5, 5.41) is 2.83. The van der Waals surface area contributed by atoms with Crippen molar-refractivity contribution < 1.29 is 23.8 Å². The van der Waals surface area contributed by atoms with Crippen molar-refractivity contribution in [2.24, 2.45) is 15.9 Å². The molecule has 0 saturated carbocycles. The van der Waals surface area contributed by atoms with Crippen LogP contribution < -0.4 is 5.32 Å². The molecular weight excluding hydrogens is 388 g/mol. The Bertz CT molecular complexity index is 1090. The van der Waals surface area contributed by atoms with Crippen LogP contribution in [0.15, 0.2) is 45.1 Å². The van der Waals surface area contributed by atoms with E-state index in [2.05, 4.69) is 15.3 Å². The van der Waals surface area contributed by atoms with Gasteiger partial charge < -0.3 is 5.32 Å². The molecule has 4 aliphatic rings. The molecule has 1 N–H and O–H groups in total. The van der Waals surface area contributed by atoms with Gasteiger partial charge in [-0.1, -0.05) is 11.6 Å². The third-order valence-electron chi connectivity index (χ3n) is 5.72. The highest BCUT2D eigenvalue weighted by Gasteiger charge is 2.50. The number of allylic oxidation sites excluding steroid dienone is 3. The molecule has 3 heterocycles. The maximum Gasteiger partial charge on any atom is 0.333 e. The van der Waals surface area contributed by atoms with Crippen LogP contribution in [0.25, 0.3) is 0 Å². The Hall–Kier alpha value is -3.69. The molecule has 0 aromatic rings. The number of hydrogen-bond donors (Lipinski definition) is 1. The van der Waals surface area contributed by atoms with Crippen molar-refractivity contribution in [3.05, 3.63) is 35.1 Å². The molecule has 2 atom stereocenters. The van der Waals surface area contributed by atoms with Crippen molar-refractivity contribution in [3.8, 4) is 0 Å². The maximum atomic E-state index is 12.6. The highest BCUT2D eigenvalue weighted by Crippen LogP contribution is 2.29. The number of fused-ring (bicyclic) bond motifs is 2. The summed E-state index contributed by atoms with van der Waals surface area (Å²) in [6.45, 7) is 3.51. The molecule has 2 unspecified atom stereocenters. The Labute approximate surface area is 172 Å². The maximum absolute atomic E-state index is 12.6. The largest absolute Gasteiger partial charge is 0.333 e. The van der Waals surface area contributed by atoms with Crippen LogP contribution in [0.3, 0.4) is 0 Å². The predicted molar refractivity (Wildman–Crippen MR) is 108 cm³/mol. The molecule has 0 aromatic heterocycles. The van der Waals surface area contributed by atoms with Gasteiger partial charge in [0.05, 0.1) is 5.71 Å². The van der Waals surface area contributed by atoms with Crippen LogP contribution in [-0.2, 0) is 14.4 Å². The number of amides is 5. The van der Waals surface area contributed by atoms with E-state index < -0.39 is 23.9 Å². The summed E-state index contributed by atoms with van der Waals surface area (Å²) in [6.07, 6.45) is 6.69. The topological polar surface area (TPSA) is 115 Å². The predicted octanol–water partition coefficient (Wildman–Crippen LogP) is -0.165. The summed E-state index contributed by atoms with van der Waals surface area (Å²) in [6, 6.07) is -1.31. The second-order valence-electron chi connectivity index (χ2n) is 7.55. The smallest absolute Gasteiger partial charge is 0.325 e. The molecule has 1 fully saturated rings. The number of hydrogen-bond acceptors (Lipinski definition) is 5. The highest BCUT2D eigenvalue weighted by molar-refractivity contribution is 6.21. The van der Waals surface area contributed by atoms with E-state index in [0.29, 0.717) is 17.0 Å². The lowest BCUT2D eigenvalue weighted by atomic mass is 9.85. The van der Waals surface area contributed by atoms with Crippen LogP contribution in [-0.4, -0.2) is 82.7 Å². The van der Waals surface area contributed by atoms with Gasteiger partial charge in [0.2, 0.25) is 0 Å². The second-order valence-corrected chi connectivity index (χ2v) is 7.55. The van der Waals surface area contributed by atoms with Crippen molar-refractivity contribution in [2.45, 2.75) is 19.9 Å². The molecule has 10 nitrogen and oxygen atoms in total. The number of urea groups is 1. The average Bonchev–Trinajstić information content (AvgIpc) is 3.12. The lowest BCUT2D eigenvalue weighted by Crippen LogP contribution is -2.61. The Morgan fingerprint density at radius 1 is 1.23 bits per heavy atom. The summed E-state index contributed by atoms with van der Waals surface area (Å²) in [7, 11) is 2.92. The number of carbonyl (C=O) groups is 4. The summed E-state index contributed by atoms with van der Waals surface area (Å²) in [4.78, 5) is 59.7. The van der Waals surface area contributed by atoms with E-state index in [4.69, 9.17) is 0 Å². The van der Waals surface area contributed by atoms with E-state index in [1.54, 1.807) is 19.1 Å². The first kappa shape index (κ1) is 19.6. The number of amidine groups is 1. The van der Waals surface area contributed by atoms with E-state index in [0.717, 1.165) is 10.5 Å². The fraction of sp³-hybridized carbons (Fsp3) is 0.350. The molecule has 0 spiro atoms. The molecule has 10 heteroatoms. The van der Waals surface area contributed by atoms with Crippen molar-refractivity contribution in [1.82, 2.24) is 15.1 Å². The van der Waals surface area contributed by atoms with E-state index >= 15 is 0 Å². The van der Waals surface area contributed by atoms with Gasteiger partial charge in [0.15, 0.2) is 6.54 Å². The Kier molecular flexibility index (Phi) is 4.56. The minimum Gasteiger partial charge on any atom is -0.325 e. The molecule has 154 valence electrons. The standard InChI is InChI=1S/C20H20N6O4/c1-10-11(2)18(28)23-14-7-12(5-6-13(10)14)22-15(27)8-26-9-21-17-16(26)19(29)25(4)20(30)24(17)3/h5-7,9,13,16H,8H2,1-4H3/p+1. The molecule has 1 saturated heterocycles. The number of nitrogens with zero attached hydrogens (tertiary/aromatic N) is 5. The van der Waals surface area contributed by atoms with E-state index in [9.17, 15) is 19.2 Å². The van der Waals surface area contributed by atoms with E-state index in [1.165, 1.54) is 29.9 Å². The molecule has 0 radical (unpaired) electrons. The number of carbonyl (C=O) groups excluding carboxylic acids is 4. The van der Waals surface area contributed by atoms with E-state index in [-0.39, 0.29) is 24.2 Å². The number of nitrogens with one attached hydrogen (secondary N) is 1.